The maximum Gasteiger partial charge on any atom is 0.573 e. The van der Waals surface area contributed by atoms with Gasteiger partial charge in [0.05, 0.1) is 6.20 Å². The molecule has 0 aliphatic rings. The van der Waals surface area contributed by atoms with Crippen LogP contribution in [-0.4, -0.2) is 30.8 Å². The molecular weight excluding hydrogens is 303 g/mol. The van der Waals surface area contributed by atoms with Crippen LogP contribution < -0.4 is 10.1 Å². The Bertz CT molecular complexity index is 598. The zero-order valence-corrected chi connectivity index (χ0v) is 11.8. The summed E-state index contributed by atoms with van der Waals surface area (Å²) in [5, 5.41) is 9.26. The minimum Gasteiger partial charge on any atom is -0.406 e. The summed E-state index contributed by atoms with van der Waals surface area (Å²) >= 11 is 0. The lowest BCUT2D eigenvalue weighted by Gasteiger charge is -2.17. The van der Waals surface area contributed by atoms with Crippen LogP contribution in [0.15, 0.2) is 30.5 Å². The number of alkyl halides is 3. The second kappa shape index (κ2) is 6.67. The summed E-state index contributed by atoms with van der Waals surface area (Å²) < 4.78 is 51.3. The highest BCUT2D eigenvalue weighted by atomic mass is 19.4. The summed E-state index contributed by atoms with van der Waals surface area (Å²) in [5.74, 6) is 0.132. The van der Waals surface area contributed by atoms with E-state index in [2.05, 4.69) is 20.3 Å². The summed E-state index contributed by atoms with van der Waals surface area (Å²) in [6.07, 6.45) is -4.11. The Balaban J connectivity index is 2.34. The average Bonchev–Trinajstić information content (AvgIpc) is 2.90. The molecule has 0 fully saturated rings. The monoisotopic (exact) mass is 317 g/mol. The van der Waals surface area contributed by atoms with Crippen molar-refractivity contribution >= 4 is 11.5 Å². The van der Waals surface area contributed by atoms with E-state index in [9.17, 15) is 13.2 Å². The van der Waals surface area contributed by atoms with Gasteiger partial charge < -0.3 is 19.5 Å². The maximum absolute atomic E-state index is 12.4. The molecular formula is C13H14F3N3O3. The zero-order chi connectivity index (χ0) is 16.2. The number of methoxy groups -OCH3 is 2. The lowest BCUT2D eigenvalue weighted by molar-refractivity contribution is -0.274. The van der Waals surface area contributed by atoms with E-state index < -0.39 is 12.7 Å². The number of benzene rings is 1. The number of anilines is 2. The predicted octanol–water partition coefficient (Wildman–Crippen LogP) is 3.34. The second-order valence-corrected chi connectivity index (χ2v) is 4.24. The van der Waals surface area contributed by atoms with Gasteiger partial charge in [0.1, 0.15) is 11.6 Å². The topological polar surface area (TPSA) is 68.4 Å². The fraction of sp³-hybridized carbons (Fsp3) is 0.308. The van der Waals surface area contributed by atoms with Crippen molar-refractivity contribution in [3.05, 3.63) is 36.0 Å². The summed E-state index contributed by atoms with van der Waals surface area (Å²) in [5.41, 5.74) is 0.730. The molecule has 2 aromatic rings. The van der Waals surface area contributed by atoms with Crippen LogP contribution in [0.5, 0.6) is 5.75 Å². The molecule has 0 spiro atoms. The van der Waals surface area contributed by atoms with Crippen molar-refractivity contribution in [2.45, 2.75) is 12.7 Å². The van der Waals surface area contributed by atoms with Crippen molar-refractivity contribution in [3.63, 3.8) is 0 Å². The normalized spacial score (nSPS) is 11.7. The van der Waals surface area contributed by atoms with E-state index in [1.165, 1.54) is 32.5 Å². The number of nitrogens with zero attached hydrogens (tertiary/aromatic N) is 1. The van der Waals surface area contributed by atoms with Crippen LogP contribution in [0.4, 0.5) is 24.7 Å². The number of ether oxygens (including phenoxy) is 3. The smallest absolute Gasteiger partial charge is 0.406 e. The fourth-order valence-electron chi connectivity index (χ4n) is 1.87. The van der Waals surface area contributed by atoms with Gasteiger partial charge in [-0.25, -0.2) is 0 Å². The third-order valence-electron chi connectivity index (χ3n) is 2.64. The van der Waals surface area contributed by atoms with Gasteiger partial charge >= 0.3 is 6.36 Å². The van der Waals surface area contributed by atoms with Gasteiger partial charge in [-0.05, 0) is 12.1 Å². The Kier molecular flexibility index (Phi) is 4.88. The average molecular weight is 317 g/mol. The molecule has 22 heavy (non-hydrogen) atoms. The standard InChI is InChI=1S/C13H14F3N3O3/c1-20-12(21-2)8-5-9(18-11-3-4-17-19-11)7-10(6-8)22-13(14,15)16/h3-7,12H,1-2H3,(H2,17,18,19). The Morgan fingerprint density at radius 1 is 1.18 bits per heavy atom. The fourth-order valence-corrected chi connectivity index (χ4v) is 1.87. The molecule has 0 amide bonds. The van der Waals surface area contributed by atoms with Gasteiger partial charge in [0, 0.05) is 37.6 Å². The minimum absolute atomic E-state index is 0.361. The molecule has 1 aromatic carbocycles. The molecule has 2 rings (SSSR count). The SMILES string of the molecule is COC(OC)c1cc(Nc2ccn[nH]2)cc(OC(F)(F)F)c1. The van der Waals surface area contributed by atoms with Crippen LogP contribution in [-0.2, 0) is 9.47 Å². The third kappa shape index (κ3) is 4.37. The number of hydrogen-bond donors (Lipinski definition) is 2. The van der Waals surface area contributed by atoms with Gasteiger partial charge in [-0.3, -0.25) is 5.10 Å². The third-order valence-corrected chi connectivity index (χ3v) is 2.64. The molecule has 9 heteroatoms. The molecule has 0 saturated carbocycles. The van der Waals surface area contributed by atoms with Crippen molar-refractivity contribution < 1.29 is 27.4 Å². The van der Waals surface area contributed by atoms with Crippen LogP contribution in [0.3, 0.4) is 0 Å². The molecule has 1 heterocycles. The second-order valence-electron chi connectivity index (χ2n) is 4.24. The Labute approximate surface area is 124 Å². The summed E-state index contributed by atoms with van der Waals surface area (Å²) in [7, 11) is 2.76. The predicted molar refractivity (Wildman–Crippen MR) is 71.8 cm³/mol. The highest BCUT2D eigenvalue weighted by molar-refractivity contribution is 5.59. The molecule has 0 bridgehead atoms. The van der Waals surface area contributed by atoms with Gasteiger partial charge in [0.25, 0.3) is 0 Å². The van der Waals surface area contributed by atoms with Gasteiger partial charge in [0.15, 0.2) is 6.29 Å². The van der Waals surface area contributed by atoms with E-state index in [1.807, 2.05) is 0 Å². The van der Waals surface area contributed by atoms with Crippen molar-refractivity contribution in [1.82, 2.24) is 10.2 Å². The number of halogens is 3. The first-order chi connectivity index (χ1) is 10.4. The van der Waals surface area contributed by atoms with E-state index >= 15 is 0 Å². The van der Waals surface area contributed by atoms with Gasteiger partial charge in [-0.1, -0.05) is 0 Å². The highest BCUT2D eigenvalue weighted by Gasteiger charge is 2.31. The molecule has 0 aliphatic heterocycles. The number of hydrogen-bond acceptors (Lipinski definition) is 5. The van der Waals surface area contributed by atoms with Gasteiger partial charge in [-0.15, -0.1) is 13.2 Å². The molecule has 0 unspecified atom stereocenters. The lowest BCUT2D eigenvalue weighted by Crippen LogP contribution is -2.17. The number of aromatic amines is 1. The molecule has 6 nitrogen and oxygen atoms in total. The van der Waals surface area contributed by atoms with Crippen LogP contribution >= 0.6 is 0 Å². The van der Waals surface area contributed by atoms with Crippen molar-refractivity contribution in [1.29, 1.82) is 0 Å². The summed E-state index contributed by atoms with van der Waals surface area (Å²) in [6, 6.07) is 5.62. The van der Waals surface area contributed by atoms with Crippen LogP contribution in [0.2, 0.25) is 0 Å². The van der Waals surface area contributed by atoms with E-state index in [4.69, 9.17) is 9.47 Å². The number of rotatable bonds is 6. The molecule has 0 radical (unpaired) electrons. The highest BCUT2D eigenvalue weighted by Crippen LogP contribution is 2.31. The molecule has 0 aliphatic carbocycles. The summed E-state index contributed by atoms with van der Waals surface area (Å²) in [4.78, 5) is 0. The lowest BCUT2D eigenvalue weighted by atomic mass is 10.1. The maximum atomic E-state index is 12.4. The molecule has 1 aromatic heterocycles. The van der Waals surface area contributed by atoms with Crippen molar-refractivity contribution in [2.24, 2.45) is 0 Å². The van der Waals surface area contributed by atoms with E-state index in [0.717, 1.165) is 0 Å². The van der Waals surface area contributed by atoms with Gasteiger partial charge in [-0.2, -0.15) is 5.10 Å². The van der Waals surface area contributed by atoms with Crippen LogP contribution in [0, 0.1) is 0 Å². The van der Waals surface area contributed by atoms with Gasteiger partial charge in [0.2, 0.25) is 0 Å². The first kappa shape index (κ1) is 16.1. The van der Waals surface area contributed by atoms with E-state index in [-0.39, 0.29) is 5.75 Å². The molecule has 2 N–H and O–H groups in total. The van der Waals surface area contributed by atoms with Crippen molar-refractivity contribution in [2.75, 3.05) is 19.5 Å². The van der Waals surface area contributed by atoms with Crippen LogP contribution in [0.1, 0.15) is 11.9 Å². The van der Waals surface area contributed by atoms with Crippen LogP contribution in [0.25, 0.3) is 0 Å². The molecule has 0 atom stereocenters. The molecule has 0 saturated heterocycles. The molecule has 120 valence electrons. The Morgan fingerprint density at radius 2 is 1.91 bits per heavy atom. The van der Waals surface area contributed by atoms with E-state index in [0.29, 0.717) is 17.1 Å². The first-order valence-corrected chi connectivity index (χ1v) is 6.14. The largest absolute Gasteiger partial charge is 0.573 e. The van der Waals surface area contributed by atoms with Crippen molar-refractivity contribution in [3.8, 4) is 5.75 Å². The van der Waals surface area contributed by atoms with E-state index in [1.54, 1.807) is 12.1 Å². The zero-order valence-electron chi connectivity index (χ0n) is 11.8. The number of nitrogens with one attached hydrogen (secondary N) is 2. The Hall–Kier alpha value is -2.26. The minimum atomic E-state index is -4.79. The number of aromatic nitrogens is 2. The Morgan fingerprint density at radius 3 is 2.45 bits per heavy atom. The first-order valence-electron chi connectivity index (χ1n) is 6.14. The summed E-state index contributed by atoms with van der Waals surface area (Å²) in [6.45, 7) is 0. The quantitative estimate of drug-likeness (QED) is 0.800. The number of H-pyrrole nitrogens is 1.